The first-order valence-electron chi connectivity index (χ1n) is 7.24. The minimum Gasteiger partial charge on any atom is -0.478 e. The zero-order valence-electron chi connectivity index (χ0n) is 11.9. The van der Waals surface area contributed by atoms with E-state index in [9.17, 15) is 0 Å². The summed E-state index contributed by atoms with van der Waals surface area (Å²) in [7, 11) is 0. The lowest BCUT2D eigenvalue weighted by Gasteiger charge is -2.32. The van der Waals surface area contributed by atoms with Crippen molar-refractivity contribution in [2.45, 2.75) is 26.7 Å². The summed E-state index contributed by atoms with van der Waals surface area (Å²) in [4.78, 5) is 10.8. The normalized spacial score (nSPS) is 16.6. The Kier molecular flexibility index (Phi) is 5.39. The number of nitrogens with one attached hydrogen (secondary N) is 1. The molecular formula is C14H24N4O. The summed E-state index contributed by atoms with van der Waals surface area (Å²) >= 11 is 0. The van der Waals surface area contributed by atoms with Crippen LogP contribution in [0.1, 0.15) is 26.7 Å². The molecule has 1 fully saturated rings. The van der Waals surface area contributed by atoms with Crippen LogP contribution in [-0.4, -0.2) is 42.8 Å². The molecule has 1 aliphatic heterocycles. The topological polar surface area (TPSA) is 50.3 Å². The summed E-state index contributed by atoms with van der Waals surface area (Å²) in [5.74, 6) is 2.45. The maximum Gasteiger partial charge on any atom is 0.218 e. The quantitative estimate of drug-likeness (QED) is 0.847. The largest absolute Gasteiger partial charge is 0.478 e. The van der Waals surface area contributed by atoms with E-state index < -0.39 is 0 Å². The number of piperidine rings is 1. The van der Waals surface area contributed by atoms with Gasteiger partial charge in [0.25, 0.3) is 0 Å². The van der Waals surface area contributed by atoms with E-state index in [0.29, 0.717) is 12.5 Å². The molecule has 106 valence electrons. The van der Waals surface area contributed by atoms with Gasteiger partial charge in [-0.3, -0.25) is 0 Å². The standard InChI is InChI=1S/C14H24N4O/c1-3-15-10-12-5-7-18(8-6-12)13-9-14(19-4-2)17-11-16-13/h9,11-12,15H,3-8,10H2,1-2H3. The summed E-state index contributed by atoms with van der Waals surface area (Å²) in [6.07, 6.45) is 4.03. The maximum atomic E-state index is 5.42. The predicted molar refractivity (Wildman–Crippen MR) is 76.7 cm³/mol. The second-order valence-electron chi connectivity index (χ2n) is 4.89. The average molecular weight is 264 g/mol. The fourth-order valence-corrected chi connectivity index (χ4v) is 2.44. The van der Waals surface area contributed by atoms with E-state index >= 15 is 0 Å². The molecule has 5 nitrogen and oxygen atoms in total. The van der Waals surface area contributed by atoms with Gasteiger partial charge in [0.15, 0.2) is 0 Å². The van der Waals surface area contributed by atoms with Gasteiger partial charge in [0.05, 0.1) is 6.61 Å². The van der Waals surface area contributed by atoms with E-state index in [1.54, 1.807) is 6.33 Å². The van der Waals surface area contributed by atoms with Gasteiger partial charge in [-0.1, -0.05) is 6.92 Å². The molecule has 0 atom stereocenters. The Bertz CT molecular complexity index is 377. The molecule has 1 N–H and O–H groups in total. The van der Waals surface area contributed by atoms with Crippen molar-refractivity contribution in [1.29, 1.82) is 0 Å². The van der Waals surface area contributed by atoms with Gasteiger partial charge in [-0.15, -0.1) is 0 Å². The highest BCUT2D eigenvalue weighted by molar-refractivity contribution is 5.41. The number of hydrogen-bond donors (Lipinski definition) is 1. The monoisotopic (exact) mass is 264 g/mol. The fraction of sp³-hybridized carbons (Fsp3) is 0.714. The van der Waals surface area contributed by atoms with Crippen LogP contribution in [0.4, 0.5) is 5.82 Å². The Morgan fingerprint density at radius 1 is 1.32 bits per heavy atom. The van der Waals surface area contributed by atoms with Crippen molar-refractivity contribution in [2.24, 2.45) is 5.92 Å². The van der Waals surface area contributed by atoms with Gasteiger partial charge in [-0.25, -0.2) is 9.97 Å². The van der Waals surface area contributed by atoms with Crippen molar-refractivity contribution in [3.8, 4) is 5.88 Å². The maximum absolute atomic E-state index is 5.42. The lowest BCUT2D eigenvalue weighted by atomic mass is 9.97. The van der Waals surface area contributed by atoms with Crippen LogP contribution in [0.3, 0.4) is 0 Å². The molecule has 0 unspecified atom stereocenters. The van der Waals surface area contributed by atoms with Gasteiger partial charge < -0.3 is 15.0 Å². The molecule has 0 amide bonds. The molecule has 2 rings (SSSR count). The average Bonchev–Trinajstić information content (AvgIpc) is 2.46. The molecule has 2 heterocycles. The van der Waals surface area contributed by atoms with Crippen LogP contribution < -0.4 is 15.0 Å². The van der Waals surface area contributed by atoms with Crippen LogP contribution in [0, 0.1) is 5.92 Å². The molecule has 0 bridgehead atoms. The van der Waals surface area contributed by atoms with Crippen molar-refractivity contribution < 1.29 is 4.74 Å². The number of aromatic nitrogens is 2. The number of anilines is 1. The van der Waals surface area contributed by atoms with Gasteiger partial charge >= 0.3 is 0 Å². The van der Waals surface area contributed by atoms with Crippen LogP contribution in [0.5, 0.6) is 5.88 Å². The summed E-state index contributed by atoms with van der Waals surface area (Å²) in [5, 5.41) is 3.43. The highest BCUT2D eigenvalue weighted by Crippen LogP contribution is 2.23. The molecule has 5 heteroatoms. The van der Waals surface area contributed by atoms with Crippen LogP contribution >= 0.6 is 0 Å². The molecule has 0 spiro atoms. The molecule has 1 aromatic heterocycles. The van der Waals surface area contributed by atoms with Crippen LogP contribution in [0.2, 0.25) is 0 Å². The smallest absolute Gasteiger partial charge is 0.218 e. The van der Waals surface area contributed by atoms with Crippen molar-refractivity contribution in [2.75, 3.05) is 37.7 Å². The van der Waals surface area contributed by atoms with Gasteiger partial charge in [0.2, 0.25) is 5.88 Å². The minimum atomic E-state index is 0.640. The van der Waals surface area contributed by atoms with E-state index in [2.05, 4.69) is 27.1 Å². The molecule has 0 aliphatic carbocycles. The summed E-state index contributed by atoms with van der Waals surface area (Å²) in [6.45, 7) is 9.10. The SMILES string of the molecule is CCNCC1CCN(c2cc(OCC)ncn2)CC1. The number of rotatable bonds is 6. The van der Waals surface area contributed by atoms with Gasteiger partial charge in [0.1, 0.15) is 12.1 Å². The van der Waals surface area contributed by atoms with E-state index in [0.717, 1.165) is 37.9 Å². The first kappa shape index (κ1) is 14.1. The van der Waals surface area contributed by atoms with Gasteiger partial charge in [0, 0.05) is 19.2 Å². The lowest BCUT2D eigenvalue weighted by Crippen LogP contribution is -2.37. The Morgan fingerprint density at radius 2 is 2.11 bits per heavy atom. The first-order chi connectivity index (χ1) is 9.33. The van der Waals surface area contributed by atoms with Crippen molar-refractivity contribution in [3.63, 3.8) is 0 Å². The number of nitrogens with zero attached hydrogens (tertiary/aromatic N) is 3. The Hall–Kier alpha value is -1.36. The molecule has 1 saturated heterocycles. The minimum absolute atomic E-state index is 0.640. The first-order valence-corrected chi connectivity index (χ1v) is 7.24. The zero-order chi connectivity index (χ0) is 13.5. The van der Waals surface area contributed by atoms with Gasteiger partial charge in [-0.05, 0) is 38.8 Å². The highest BCUT2D eigenvalue weighted by atomic mass is 16.5. The van der Waals surface area contributed by atoms with Gasteiger partial charge in [-0.2, -0.15) is 0 Å². The third-order valence-electron chi connectivity index (χ3n) is 3.54. The summed E-state index contributed by atoms with van der Waals surface area (Å²) in [5.41, 5.74) is 0. The van der Waals surface area contributed by atoms with Crippen molar-refractivity contribution in [1.82, 2.24) is 15.3 Å². The summed E-state index contributed by atoms with van der Waals surface area (Å²) < 4.78 is 5.42. The summed E-state index contributed by atoms with van der Waals surface area (Å²) in [6, 6.07) is 1.94. The number of ether oxygens (including phenoxy) is 1. The Morgan fingerprint density at radius 3 is 2.79 bits per heavy atom. The zero-order valence-corrected chi connectivity index (χ0v) is 11.9. The molecule has 1 aliphatic rings. The van der Waals surface area contributed by atoms with E-state index in [1.165, 1.54) is 12.8 Å². The lowest BCUT2D eigenvalue weighted by molar-refractivity contribution is 0.325. The van der Waals surface area contributed by atoms with E-state index in [-0.39, 0.29) is 0 Å². The van der Waals surface area contributed by atoms with Crippen LogP contribution in [0.25, 0.3) is 0 Å². The fourth-order valence-electron chi connectivity index (χ4n) is 2.44. The Labute approximate surface area is 115 Å². The van der Waals surface area contributed by atoms with Crippen LogP contribution in [0.15, 0.2) is 12.4 Å². The molecule has 19 heavy (non-hydrogen) atoms. The van der Waals surface area contributed by atoms with E-state index in [4.69, 9.17) is 4.74 Å². The Balaban J connectivity index is 1.88. The second kappa shape index (κ2) is 7.28. The van der Waals surface area contributed by atoms with E-state index in [1.807, 2.05) is 13.0 Å². The molecule has 1 aromatic rings. The molecule has 0 radical (unpaired) electrons. The third kappa shape index (κ3) is 4.06. The molecular weight excluding hydrogens is 240 g/mol. The van der Waals surface area contributed by atoms with Crippen molar-refractivity contribution in [3.05, 3.63) is 12.4 Å². The van der Waals surface area contributed by atoms with Crippen LogP contribution in [-0.2, 0) is 0 Å². The molecule has 0 aromatic carbocycles. The van der Waals surface area contributed by atoms with Crippen molar-refractivity contribution >= 4 is 5.82 Å². The highest BCUT2D eigenvalue weighted by Gasteiger charge is 2.20. The second-order valence-corrected chi connectivity index (χ2v) is 4.89. The number of hydrogen-bond acceptors (Lipinski definition) is 5. The predicted octanol–water partition coefficient (Wildman–Crippen LogP) is 1.70. The third-order valence-corrected chi connectivity index (χ3v) is 3.54. The molecule has 0 saturated carbocycles.